The number of carbonyl (C=O) groups is 1. The number of amides is 1. The Hall–Kier alpha value is -1.82. The van der Waals surface area contributed by atoms with Crippen molar-refractivity contribution in [2.75, 3.05) is 25.1 Å². The number of alkyl carbamates (subject to hydrolysis) is 1. The summed E-state index contributed by atoms with van der Waals surface area (Å²) in [5, 5.41) is 12.2. The van der Waals surface area contributed by atoms with Gasteiger partial charge in [-0.1, -0.05) is 6.07 Å². The quantitative estimate of drug-likeness (QED) is 0.855. The molecule has 1 fully saturated rings. The van der Waals surface area contributed by atoms with Crippen LogP contribution in [0.15, 0.2) is 18.3 Å². The van der Waals surface area contributed by atoms with Crippen LogP contribution in [0.1, 0.15) is 25.0 Å². The predicted molar refractivity (Wildman–Crippen MR) is 71.0 cm³/mol. The summed E-state index contributed by atoms with van der Waals surface area (Å²) in [6, 6.07) is 3.85. The molecule has 0 radical (unpaired) electrons. The van der Waals surface area contributed by atoms with Crippen molar-refractivity contribution in [3.63, 3.8) is 0 Å². The molecule has 2 N–H and O–H groups in total. The van der Waals surface area contributed by atoms with E-state index in [9.17, 15) is 9.90 Å². The Bertz CT molecular complexity index is 433. The third-order valence-corrected chi connectivity index (χ3v) is 3.27. The monoisotopic (exact) mass is 265 g/mol. The Morgan fingerprint density at radius 2 is 2.42 bits per heavy atom. The van der Waals surface area contributed by atoms with Gasteiger partial charge in [0, 0.05) is 19.3 Å². The zero-order valence-electron chi connectivity index (χ0n) is 11.2. The van der Waals surface area contributed by atoms with E-state index in [0.29, 0.717) is 0 Å². The molecule has 0 spiro atoms. The van der Waals surface area contributed by atoms with E-state index >= 15 is 0 Å². The number of nitrogens with one attached hydrogen (secondary N) is 1. The van der Waals surface area contributed by atoms with Gasteiger partial charge in [-0.25, -0.2) is 9.78 Å². The molecule has 1 aromatic rings. The maximum absolute atomic E-state index is 11.1. The number of carbonyl (C=O) groups excluding carboxylic acids is 1. The van der Waals surface area contributed by atoms with E-state index in [-0.39, 0.29) is 6.04 Å². The molecule has 2 unspecified atom stereocenters. The second-order valence-corrected chi connectivity index (χ2v) is 4.69. The van der Waals surface area contributed by atoms with Crippen molar-refractivity contribution in [3.8, 4) is 0 Å². The average molecular weight is 265 g/mol. The lowest BCUT2D eigenvalue weighted by Gasteiger charge is -2.18. The summed E-state index contributed by atoms with van der Waals surface area (Å²) in [6.45, 7) is 3.27. The van der Waals surface area contributed by atoms with Crippen LogP contribution >= 0.6 is 0 Å². The third kappa shape index (κ3) is 3.35. The van der Waals surface area contributed by atoms with E-state index in [4.69, 9.17) is 0 Å². The molecule has 2 heterocycles. The largest absolute Gasteiger partial charge is 0.453 e. The molecule has 1 aromatic heterocycles. The highest BCUT2D eigenvalue weighted by Gasteiger charge is 2.24. The number of rotatable bonds is 3. The van der Waals surface area contributed by atoms with Crippen molar-refractivity contribution in [2.45, 2.75) is 25.5 Å². The van der Waals surface area contributed by atoms with Gasteiger partial charge in [0.25, 0.3) is 0 Å². The lowest BCUT2D eigenvalue weighted by molar-refractivity contribution is 0.167. The highest BCUT2D eigenvalue weighted by molar-refractivity contribution is 5.67. The maximum atomic E-state index is 11.1. The molecule has 1 aliphatic heterocycles. The molecule has 2 rings (SSSR count). The number of hydrogen-bond acceptors (Lipinski definition) is 5. The van der Waals surface area contributed by atoms with Crippen LogP contribution in [0.4, 0.5) is 10.6 Å². The number of ether oxygens (including phenoxy) is 1. The standard InChI is InChI=1S/C13H19N3O3/c1-9(17)10-3-4-12(14-7-10)16-6-5-11(8-16)15-13(18)19-2/h3-4,7,9,11,17H,5-6,8H2,1-2H3,(H,15,18). The van der Waals surface area contributed by atoms with E-state index in [1.807, 2.05) is 12.1 Å². The minimum Gasteiger partial charge on any atom is -0.453 e. The summed E-state index contributed by atoms with van der Waals surface area (Å²) in [6.07, 6.45) is 1.65. The lowest BCUT2D eigenvalue weighted by Crippen LogP contribution is -2.37. The van der Waals surface area contributed by atoms with Crippen LogP contribution in [0, 0.1) is 0 Å². The molecular weight excluding hydrogens is 246 g/mol. The lowest BCUT2D eigenvalue weighted by atomic mass is 10.2. The Morgan fingerprint density at radius 3 is 3.00 bits per heavy atom. The van der Waals surface area contributed by atoms with Crippen LogP contribution in [-0.4, -0.2) is 42.4 Å². The zero-order valence-corrected chi connectivity index (χ0v) is 11.2. The average Bonchev–Trinajstić information content (AvgIpc) is 2.87. The highest BCUT2D eigenvalue weighted by atomic mass is 16.5. The van der Waals surface area contributed by atoms with Gasteiger partial charge in [0.1, 0.15) is 5.82 Å². The van der Waals surface area contributed by atoms with Gasteiger partial charge in [-0.05, 0) is 25.0 Å². The molecule has 1 saturated heterocycles. The topological polar surface area (TPSA) is 74.7 Å². The second kappa shape index (κ2) is 5.88. The third-order valence-electron chi connectivity index (χ3n) is 3.27. The fraction of sp³-hybridized carbons (Fsp3) is 0.538. The van der Waals surface area contributed by atoms with Gasteiger partial charge in [-0.15, -0.1) is 0 Å². The predicted octanol–water partition coefficient (Wildman–Crippen LogP) is 1.07. The SMILES string of the molecule is COC(=O)NC1CCN(c2ccc(C(C)O)cn2)C1. The van der Waals surface area contributed by atoms with Crippen LogP contribution in [0.2, 0.25) is 0 Å². The number of nitrogens with zero attached hydrogens (tertiary/aromatic N) is 2. The molecule has 0 aliphatic carbocycles. The molecule has 6 nitrogen and oxygen atoms in total. The van der Waals surface area contributed by atoms with Gasteiger partial charge >= 0.3 is 6.09 Å². The summed E-state index contributed by atoms with van der Waals surface area (Å²) in [5.74, 6) is 0.860. The molecule has 1 amide bonds. The van der Waals surface area contributed by atoms with Crippen molar-refractivity contribution >= 4 is 11.9 Å². The molecule has 0 saturated carbocycles. The molecular formula is C13H19N3O3. The number of aliphatic hydroxyl groups is 1. The summed E-state index contributed by atoms with van der Waals surface area (Å²) in [7, 11) is 1.36. The van der Waals surface area contributed by atoms with E-state index in [0.717, 1.165) is 30.9 Å². The molecule has 0 bridgehead atoms. The Morgan fingerprint density at radius 1 is 1.63 bits per heavy atom. The summed E-state index contributed by atoms with van der Waals surface area (Å²) < 4.78 is 4.58. The first-order chi connectivity index (χ1) is 9.10. The van der Waals surface area contributed by atoms with Gasteiger partial charge < -0.3 is 20.1 Å². The maximum Gasteiger partial charge on any atom is 0.407 e. The van der Waals surface area contributed by atoms with Gasteiger partial charge in [0.2, 0.25) is 0 Å². The fourth-order valence-corrected chi connectivity index (χ4v) is 2.14. The Balaban J connectivity index is 1.95. The van der Waals surface area contributed by atoms with Crippen LogP contribution < -0.4 is 10.2 Å². The number of hydrogen-bond donors (Lipinski definition) is 2. The van der Waals surface area contributed by atoms with E-state index in [2.05, 4.69) is 19.9 Å². The molecule has 19 heavy (non-hydrogen) atoms. The van der Waals surface area contributed by atoms with Crippen LogP contribution in [0.5, 0.6) is 0 Å². The van der Waals surface area contributed by atoms with Gasteiger partial charge in [-0.3, -0.25) is 0 Å². The normalized spacial score (nSPS) is 20.2. The number of pyridine rings is 1. The minimum absolute atomic E-state index is 0.0886. The van der Waals surface area contributed by atoms with Gasteiger partial charge in [-0.2, -0.15) is 0 Å². The van der Waals surface area contributed by atoms with Crippen molar-refractivity contribution in [1.82, 2.24) is 10.3 Å². The summed E-state index contributed by atoms with van der Waals surface area (Å²) >= 11 is 0. The molecule has 6 heteroatoms. The zero-order chi connectivity index (χ0) is 13.8. The molecule has 1 aliphatic rings. The number of aromatic nitrogens is 1. The molecule has 2 atom stereocenters. The summed E-state index contributed by atoms with van der Waals surface area (Å²) in [5.41, 5.74) is 0.798. The van der Waals surface area contributed by atoms with Crippen LogP contribution in [-0.2, 0) is 4.74 Å². The first kappa shape index (κ1) is 13.6. The molecule has 104 valence electrons. The second-order valence-electron chi connectivity index (χ2n) is 4.69. The van der Waals surface area contributed by atoms with E-state index < -0.39 is 12.2 Å². The van der Waals surface area contributed by atoms with E-state index in [1.54, 1.807) is 13.1 Å². The minimum atomic E-state index is -0.506. The van der Waals surface area contributed by atoms with Crippen molar-refractivity contribution in [1.29, 1.82) is 0 Å². The Kier molecular flexibility index (Phi) is 4.21. The fourth-order valence-electron chi connectivity index (χ4n) is 2.14. The van der Waals surface area contributed by atoms with Crippen molar-refractivity contribution < 1.29 is 14.6 Å². The number of aliphatic hydroxyl groups excluding tert-OH is 1. The van der Waals surface area contributed by atoms with E-state index in [1.165, 1.54) is 7.11 Å². The van der Waals surface area contributed by atoms with Crippen LogP contribution in [0.3, 0.4) is 0 Å². The molecule has 0 aromatic carbocycles. The first-order valence-electron chi connectivity index (χ1n) is 6.33. The van der Waals surface area contributed by atoms with Crippen molar-refractivity contribution in [2.24, 2.45) is 0 Å². The van der Waals surface area contributed by atoms with Crippen molar-refractivity contribution in [3.05, 3.63) is 23.9 Å². The van der Waals surface area contributed by atoms with Gasteiger partial charge in [0.15, 0.2) is 0 Å². The smallest absolute Gasteiger partial charge is 0.407 e. The van der Waals surface area contributed by atoms with Gasteiger partial charge in [0.05, 0.1) is 19.3 Å². The van der Waals surface area contributed by atoms with Crippen LogP contribution in [0.25, 0.3) is 0 Å². The Labute approximate surface area is 112 Å². The number of anilines is 1. The first-order valence-corrected chi connectivity index (χ1v) is 6.33. The number of methoxy groups -OCH3 is 1. The summed E-state index contributed by atoms with van der Waals surface area (Å²) in [4.78, 5) is 17.6. The highest BCUT2D eigenvalue weighted by Crippen LogP contribution is 2.20.